The third-order valence-electron chi connectivity index (χ3n) is 2.12. The monoisotopic (exact) mass is 245 g/mol. The fourth-order valence-corrected chi connectivity index (χ4v) is 2.40. The second-order valence-corrected chi connectivity index (χ2v) is 4.39. The molecule has 0 aliphatic carbocycles. The highest BCUT2D eigenvalue weighted by Crippen LogP contribution is 2.20. The summed E-state index contributed by atoms with van der Waals surface area (Å²) in [5, 5.41) is 14.4. The molecule has 2 aromatic rings. The number of thiazole rings is 1. The maximum absolute atomic E-state index is 8.63. The molecule has 0 saturated carbocycles. The molecule has 0 fully saturated rings. The first kappa shape index (κ1) is 10.9. The molecule has 2 aromatic heterocycles. The topological polar surface area (TPSA) is 49.6 Å². The fourth-order valence-electron chi connectivity index (χ4n) is 1.38. The summed E-state index contributed by atoms with van der Waals surface area (Å²) in [5.74, 6) is 0. The van der Waals surface area contributed by atoms with Crippen LogP contribution in [-0.2, 0) is 6.54 Å². The van der Waals surface area contributed by atoms with Gasteiger partial charge in [0.25, 0.3) is 0 Å². The highest BCUT2D eigenvalue weighted by molar-refractivity contribution is 7.15. The Bertz CT molecular complexity index is 439. The lowest BCUT2D eigenvalue weighted by atomic mass is 10.4. The fraction of sp³-hybridized carbons (Fsp3) is 0.444. The molecule has 2 heterocycles. The molecular formula is C9H12ClN3OS. The molecule has 0 saturated heterocycles. The van der Waals surface area contributed by atoms with Gasteiger partial charge in [-0.3, -0.25) is 4.40 Å². The molecule has 6 heteroatoms. The highest BCUT2D eigenvalue weighted by Gasteiger charge is 2.09. The van der Waals surface area contributed by atoms with Crippen molar-refractivity contribution in [2.45, 2.75) is 13.0 Å². The van der Waals surface area contributed by atoms with Gasteiger partial charge < -0.3 is 10.4 Å². The van der Waals surface area contributed by atoms with E-state index in [1.807, 2.05) is 16.0 Å². The summed E-state index contributed by atoms with van der Waals surface area (Å²) in [5.41, 5.74) is 0.978. The van der Waals surface area contributed by atoms with Crippen molar-refractivity contribution < 1.29 is 5.11 Å². The largest absolute Gasteiger partial charge is 0.396 e. The summed E-state index contributed by atoms with van der Waals surface area (Å²) in [6, 6.07) is 0. The van der Waals surface area contributed by atoms with Crippen molar-refractivity contribution in [3.63, 3.8) is 0 Å². The van der Waals surface area contributed by atoms with E-state index in [1.165, 1.54) is 0 Å². The lowest BCUT2D eigenvalue weighted by Crippen LogP contribution is -2.16. The third-order valence-corrected chi connectivity index (χ3v) is 3.18. The van der Waals surface area contributed by atoms with Crippen LogP contribution in [0.2, 0.25) is 5.15 Å². The number of fused-ring (bicyclic) bond motifs is 1. The summed E-state index contributed by atoms with van der Waals surface area (Å²) in [6.07, 6.45) is 2.71. The summed E-state index contributed by atoms with van der Waals surface area (Å²) in [7, 11) is 0. The van der Waals surface area contributed by atoms with Gasteiger partial charge in [-0.25, -0.2) is 4.98 Å². The average molecular weight is 246 g/mol. The first-order chi connectivity index (χ1) is 7.33. The molecule has 0 bridgehead atoms. The van der Waals surface area contributed by atoms with Gasteiger partial charge in [-0.15, -0.1) is 11.3 Å². The molecule has 0 aromatic carbocycles. The van der Waals surface area contributed by atoms with Crippen LogP contribution in [0.3, 0.4) is 0 Å². The number of aliphatic hydroxyl groups excluding tert-OH is 1. The average Bonchev–Trinajstić information content (AvgIpc) is 2.75. The summed E-state index contributed by atoms with van der Waals surface area (Å²) in [4.78, 5) is 5.15. The Balaban J connectivity index is 2.05. The number of nitrogens with one attached hydrogen (secondary N) is 1. The number of aliphatic hydroxyl groups is 1. The highest BCUT2D eigenvalue weighted by atomic mass is 35.5. The second kappa shape index (κ2) is 4.94. The Kier molecular flexibility index (Phi) is 3.58. The van der Waals surface area contributed by atoms with Crippen LogP contribution in [0.25, 0.3) is 4.96 Å². The molecule has 2 N–H and O–H groups in total. The Morgan fingerprint density at radius 2 is 2.47 bits per heavy atom. The van der Waals surface area contributed by atoms with Gasteiger partial charge in [-0.2, -0.15) is 0 Å². The van der Waals surface area contributed by atoms with E-state index in [2.05, 4.69) is 10.3 Å². The van der Waals surface area contributed by atoms with E-state index in [0.717, 1.165) is 23.6 Å². The second-order valence-electron chi connectivity index (χ2n) is 3.16. The molecule has 0 unspecified atom stereocenters. The minimum absolute atomic E-state index is 0.209. The zero-order valence-corrected chi connectivity index (χ0v) is 9.68. The van der Waals surface area contributed by atoms with Crippen LogP contribution in [0.5, 0.6) is 0 Å². The van der Waals surface area contributed by atoms with Crippen molar-refractivity contribution in [1.29, 1.82) is 0 Å². The van der Waals surface area contributed by atoms with Crippen LogP contribution in [0, 0.1) is 0 Å². The van der Waals surface area contributed by atoms with Crippen LogP contribution in [0.1, 0.15) is 12.1 Å². The number of aromatic nitrogens is 2. The van der Waals surface area contributed by atoms with Crippen molar-refractivity contribution in [2.24, 2.45) is 0 Å². The van der Waals surface area contributed by atoms with Crippen molar-refractivity contribution in [1.82, 2.24) is 14.7 Å². The normalized spacial score (nSPS) is 11.3. The van der Waals surface area contributed by atoms with E-state index in [9.17, 15) is 0 Å². The Labute approximate surface area is 96.5 Å². The number of imidazole rings is 1. The summed E-state index contributed by atoms with van der Waals surface area (Å²) >= 11 is 7.57. The van der Waals surface area contributed by atoms with E-state index in [-0.39, 0.29) is 6.61 Å². The van der Waals surface area contributed by atoms with Gasteiger partial charge >= 0.3 is 0 Å². The van der Waals surface area contributed by atoms with Gasteiger partial charge in [0.2, 0.25) is 0 Å². The van der Waals surface area contributed by atoms with Crippen LogP contribution in [0.4, 0.5) is 0 Å². The molecule has 0 aliphatic heterocycles. The molecular weight excluding hydrogens is 234 g/mol. The van der Waals surface area contributed by atoms with Crippen molar-refractivity contribution >= 4 is 27.9 Å². The van der Waals surface area contributed by atoms with Gasteiger partial charge in [0.15, 0.2) is 10.1 Å². The predicted molar refractivity (Wildman–Crippen MR) is 61.5 cm³/mol. The zero-order valence-electron chi connectivity index (χ0n) is 8.11. The minimum atomic E-state index is 0.209. The van der Waals surface area contributed by atoms with Crippen LogP contribution in [-0.4, -0.2) is 27.6 Å². The van der Waals surface area contributed by atoms with E-state index in [4.69, 9.17) is 16.7 Å². The molecule has 0 spiro atoms. The van der Waals surface area contributed by atoms with Crippen LogP contribution >= 0.6 is 22.9 Å². The van der Waals surface area contributed by atoms with Crippen molar-refractivity contribution in [2.75, 3.05) is 13.2 Å². The van der Waals surface area contributed by atoms with E-state index in [0.29, 0.717) is 11.7 Å². The molecule has 0 radical (unpaired) electrons. The number of rotatable bonds is 5. The zero-order chi connectivity index (χ0) is 10.7. The van der Waals surface area contributed by atoms with Gasteiger partial charge in [-0.1, -0.05) is 11.6 Å². The molecule has 82 valence electrons. The number of hydrogen-bond acceptors (Lipinski definition) is 4. The summed E-state index contributed by atoms with van der Waals surface area (Å²) in [6.45, 7) is 1.67. The quantitative estimate of drug-likeness (QED) is 0.786. The Morgan fingerprint density at radius 1 is 1.60 bits per heavy atom. The maximum Gasteiger partial charge on any atom is 0.195 e. The molecule has 2 rings (SSSR count). The number of hydrogen-bond donors (Lipinski definition) is 2. The lowest BCUT2D eigenvalue weighted by molar-refractivity contribution is 0.286. The Morgan fingerprint density at radius 3 is 3.27 bits per heavy atom. The van der Waals surface area contributed by atoms with E-state index < -0.39 is 0 Å². The molecule has 0 atom stereocenters. The predicted octanol–water partition coefficient (Wildman–Crippen LogP) is 1.52. The molecule has 15 heavy (non-hydrogen) atoms. The molecule has 4 nitrogen and oxygen atoms in total. The maximum atomic E-state index is 8.63. The number of nitrogens with zero attached hydrogens (tertiary/aromatic N) is 2. The third kappa shape index (κ3) is 2.31. The molecule has 0 aliphatic rings. The Hall–Kier alpha value is -0.620. The number of halogens is 1. The standard InChI is InChI=1S/C9H12ClN3OS/c10-8-7(6-11-2-1-4-14)13-3-5-15-9(13)12-8/h3,5,11,14H,1-2,4,6H2. The summed E-state index contributed by atoms with van der Waals surface area (Å²) < 4.78 is 1.99. The minimum Gasteiger partial charge on any atom is -0.396 e. The van der Waals surface area contributed by atoms with Gasteiger partial charge in [-0.05, 0) is 13.0 Å². The van der Waals surface area contributed by atoms with Gasteiger partial charge in [0, 0.05) is 24.7 Å². The first-order valence-electron chi connectivity index (χ1n) is 4.74. The van der Waals surface area contributed by atoms with Crippen LogP contribution < -0.4 is 5.32 Å². The van der Waals surface area contributed by atoms with Gasteiger partial charge in [0.1, 0.15) is 0 Å². The van der Waals surface area contributed by atoms with Crippen molar-refractivity contribution in [3.05, 3.63) is 22.4 Å². The van der Waals surface area contributed by atoms with Crippen molar-refractivity contribution in [3.8, 4) is 0 Å². The molecule has 0 amide bonds. The smallest absolute Gasteiger partial charge is 0.195 e. The van der Waals surface area contributed by atoms with E-state index >= 15 is 0 Å². The first-order valence-corrected chi connectivity index (χ1v) is 6.00. The lowest BCUT2D eigenvalue weighted by Gasteiger charge is -2.02. The van der Waals surface area contributed by atoms with E-state index in [1.54, 1.807) is 11.3 Å². The van der Waals surface area contributed by atoms with Gasteiger partial charge in [0.05, 0.1) is 5.69 Å². The SMILES string of the molecule is OCCCNCc1c(Cl)nc2sccn12. The van der Waals surface area contributed by atoms with Crippen LogP contribution in [0.15, 0.2) is 11.6 Å².